The average molecular weight is 347 g/mol. The van der Waals surface area contributed by atoms with Gasteiger partial charge in [0, 0.05) is 12.3 Å². The Labute approximate surface area is 144 Å². The van der Waals surface area contributed by atoms with Crippen LogP contribution >= 0.6 is 0 Å². The highest BCUT2D eigenvalue weighted by molar-refractivity contribution is 5.75. The van der Waals surface area contributed by atoms with E-state index in [9.17, 15) is 14.4 Å². The second-order valence-corrected chi connectivity index (χ2v) is 5.51. The van der Waals surface area contributed by atoms with E-state index in [1.165, 1.54) is 0 Å². The highest BCUT2D eigenvalue weighted by Gasteiger charge is 2.08. The Bertz CT molecular complexity index is 829. The molecule has 0 saturated carbocycles. The number of rotatable bonds is 4. The van der Waals surface area contributed by atoms with Gasteiger partial charge in [-0.3, -0.25) is 23.9 Å². The molecule has 0 bridgehead atoms. The molecular weight excluding hydrogens is 326 g/mol. The minimum Gasteiger partial charge on any atom is -0.481 e. The van der Waals surface area contributed by atoms with Gasteiger partial charge in [-0.1, -0.05) is 6.07 Å². The molecule has 0 aliphatic carbocycles. The normalized spacial score (nSPS) is 9.92. The molecule has 2 heterocycles. The lowest BCUT2D eigenvalue weighted by Gasteiger charge is -2.10. The summed E-state index contributed by atoms with van der Waals surface area (Å²) in [6.07, 6.45) is 1.19. The molecule has 2 aromatic rings. The van der Waals surface area contributed by atoms with Crippen LogP contribution in [0.3, 0.4) is 0 Å². The largest absolute Gasteiger partial charge is 0.481 e. The van der Waals surface area contributed by atoms with E-state index in [0.717, 1.165) is 22.6 Å². The molecule has 0 spiro atoms. The number of carboxylic acids is 2. The molecule has 0 saturated heterocycles. The van der Waals surface area contributed by atoms with E-state index in [-0.39, 0.29) is 18.4 Å². The van der Waals surface area contributed by atoms with Gasteiger partial charge in [-0.05, 0) is 33.3 Å². The molecule has 0 aliphatic rings. The number of hydrogen-bond donors (Lipinski definition) is 2. The molecule has 2 N–H and O–H groups in total. The fourth-order valence-electron chi connectivity index (χ4n) is 1.90. The van der Waals surface area contributed by atoms with Crippen LogP contribution in [-0.4, -0.2) is 36.7 Å². The highest BCUT2D eigenvalue weighted by atomic mass is 16.4. The molecule has 2 rings (SSSR count). The summed E-state index contributed by atoms with van der Waals surface area (Å²) in [5.74, 6) is -1.54. The van der Waals surface area contributed by atoms with Crippen LogP contribution in [0.15, 0.2) is 23.1 Å². The maximum absolute atomic E-state index is 11.8. The van der Waals surface area contributed by atoms with Crippen molar-refractivity contribution in [2.75, 3.05) is 0 Å². The lowest BCUT2D eigenvalue weighted by atomic mass is 10.3. The first-order chi connectivity index (χ1) is 11.6. The highest BCUT2D eigenvalue weighted by Crippen LogP contribution is 2.10. The Hall–Kier alpha value is -3.03. The molecule has 8 nitrogen and oxygen atoms in total. The van der Waals surface area contributed by atoms with E-state index in [2.05, 4.69) is 9.97 Å². The minimum atomic E-state index is -1.08. The van der Waals surface area contributed by atoms with Gasteiger partial charge in [0.15, 0.2) is 5.82 Å². The molecule has 0 amide bonds. The van der Waals surface area contributed by atoms with Gasteiger partial charge in [0.2, 0.25) is 0 Å². The SMILES string of the molecule is Cc1ccc(=O)n(-c2nc(C)c(C)nc2C)c1.O=C(O)CCC(=O)O. The third-order valence-electron chi connectivity index (χ3n) is 3.30. The lowest BCUT2D eigenvalue weighted by molar-refractivity contribution is -0.143. The zero-order valence-corrected chi connectivity index (χ0v) is 14.6. The van der Waals surface area contributed by atoms with Gasteiger partial charge in [-0.25, -0.2) is 4.98 Å². The summed E-state index contributed by atoms with van der Waals surface area (Å²) < 4.78 is 1.55. The van der Waals surface area contributed by atoms with E-state index in [4.69, 9.17) is 10.2 Å². The van der Waals surface area contributed by atoms with Crippen molar-refractivity contribution >= 4 is 11.9 Å². The molecule has 2 aromatic heterocycles. The second kappa shape index (κ2) is 8.72. The lowest BCUT2D eigenvalue weighted by Crippen LogP contribution is -2.20. The van der Waals surface area contributed by atoms with Crippen molar-refractivity contribution in [2.24, 2.45) is 0 Å². The van der Waals surface area contributed by atoms with Gasteiger partial charge in [0.1, 0.15) is 0 Å². The number of nitrogens with zero attached hydrogens (tertiary/aromatic N) is 3. The van der Waals surface area contributed by atoms with Crippen LogP contribution in [-0.2, 0) is 9.59 Å². The predicted molar refractivity (Wildman–Crippen MR) is 91.1 cm³/mol. The van der Waals surface area contributed by atoms with Gasteiger partial charge in [-0.15, -0.1) is 0 Å². The van der Waals surface area contributed by atoms with Crippen molar-refractivity contribution in [1.82, 2.24) is 14.5 Å². The number of carboxylic acid groups (broad SMARTS) is 2. The van der Waals surface area contributed by atoms with Crippen LogP contribution in [0.2, 0.25) is 0 Å². The molecule has 0 fully saturated rings. The maximum atomic E-state index is 11.8. The number of aromatic nitrogens is 3. The number of carbonyl (C=O) groups is 2. The summed E-state index contributed by atoms with van der Waals surface area (Å²) in [5, 5.41) is 15.8. The first kappa shape index (κ1) is 20.0. The van der Waals surface area contributed by atoms with Crippen molar-refractivity contribution in [3.8, 4) is 5.82 Å². The molecule has 0 aliphatic heterocycles. The van der Waals surface area contributed by atoms with E-state index in [0.29, 0.717) is 5.82 Å². The summed E-state index contributed by atoms with van der Waals surface area (Å²) in [5.41, 5.74) is 3.44. The molecule has 8 heteroatoms. The van der Waals surface area contributed by atoms with Gasteiger partial charge in [-0.2, -0.15) is 0 Å². The first-order valence-electron chi connectivity index (χ1n) is 7.57. The minimum absolute atomic E-state index is 0.0868. The Kier molecular flexibility index (Phi) is 6.98. The number of aliphatic carboxylic acids is 2. The summed E-state index contributed by atoms with van der Waals surface area (Å²) in [6, 6.07) is 3.34. The van der Waals surface area contributed by atoms with Crippen LogP contribution < -0.4 is 5.56 Å². The van der Waals surface area contributed by atoms with Crippen LogP contribution in [0.4, 0.5) is 0 Å². The molecule has 0 atom stereocenters. The van der Waals surface area contributed by atoms with Crippen LogP contribution in [0.5, 0.6) is 0 Å². The monoisotopic (exact) mass is 347 g/mol. The first-order valence-corrected chi connectivity index (χ1v) is 7.57. The smallest absolute Gasteiger partial charge is 0.303 e. The van der Waals surface area contributed by atoms with Gasteiger partial charge >= 0.3 is 11.9 Å². The quantitative estimate of drug-likeness (QED) is 0.864. The third-order valence-corrected chi connectivity index (χ3v) is 3.30. The van der Waals surface area contributed by atoms with Gasteiger partial charge in [0.05, 0.1) is 29.9 Å². The van der Waals surface area contributed by atoms with Gasteiger partial charge in [0.25, 0.3) is 5.56 Å². The average Bonchev–Trinajstić information content (AvgIpc) is 2.52. The Balaban J connectivity index is 0.000000333. The van der Waals surface area contributed by atoms with Crippen LogP contribution in [0.1, 0.15) is 35.5 Å². The predicted octanol–water partition coefficient (Wildman–Crippen LogP) is 1.80. The van der Waals surface area contributed by atoms with Crippen molar-refractivity contribution < 1.29 is 19.8 Å². The summed E-state index contributed by atoms with van der Waals surface area (Å²) in [6.45, 7) is 7.62. The van der Waals surface area contributed by atoms with Gasteiger partial charge < -0.3 is 10.2 Å². The maximum Gasteiger partial charge on any atom is 0.303 e. The fraction of sp³-hybridized carbons (Fsp3) is 0.353. The van der Waals surface area contributed by atoms with Crippen molar-refractivity contribution in [3.63, 3.8) is 0 Å². The fourth-order valence-corrected chi connectivity index (χ4v) is 1.90. The molecular formula is C17H21N3O5. The van der Waals surface area contributed by atoms with Crippen LogP contribution in [0, 0.1) is 27.7 Å². The Morgan fingerprint density at radius 2 is 1.44 bits per heavy atom. The van der Waals surface area contributed by atoms with E-state index in [1.54, 1.807) is 22.9 Å². The van der Waals surface area contributed by atoms with Crippen molar-refractivity contribution in [2.45, 2.75) is 40.5 Å². The van der Waals surface area contributed by atoms with Crippen molar-refractivity contribution in [3.05, 3.63) is 51.3 Å². The second-order valence-electron chi connectivity index (χ2n) is 5.51. The number of hydrogen-bond acceptors (Lipinski definition) is 5. The summed E-state index contributed by atoms with van der Waals surface area (Å²) >= 11 is 0. The van der Waals surface area contributed by atoms with Crippen molar-refractivity contribution in [1.29, 1.82) is 0 Å². The molecule has 25 heavy (non-hydrogen) atoms. The zero-order chi connectivity index (χ0) is 19.1. The molecule has 0 aromatic carbocycles. The number of pyridine rings is 1. The standard InChI is InChI=1S/C13H15N3O.C4H6O4/c1-8-5-6-12(17)16(7-8)13-11(4)14-9(2)10(3)15-13;5-3(6)1-2-4(7)8/h5-7H,1-4H3;1-2H2,(H,5,6)(H,7,8). The summed E-state index contributed by atoms with van der Waals surface area (Å²) in [4.78, 5) is 39.9. The zero-order valence-electron chi connectivity index (χ0n) is 14.6. The Morgan fingerprint density at radius 3 is 1.96 bits per heavy atom. The van der Waals surface area contributed by atoms with E-state index >= 15 is 0 Å². The Morgan fingerprint density at radius 1 is 0.920 bits per heavy atom. The topological polar surface area (TPSA) is 122 Å². The van der Waals surface area contributed by atoms with E-state index < -0.39 is 11.9 Å². The van der Waals surface area contributed by atoms with E-state index in [1.807, 2.05) is 27.7 Å². The molecule has 0 radical (unpaired) electrons. The summed E-state index contributed by atoms with van der Waals surface area (Å²) in [7, 11) is 0. The molecule has 134 valence electrons. The third kappa shape index (κ3) is 6.17. The molecule has 0 unspecified atom stereocenters. The van der Waals surface area contributed by atoms with Crippen LogP contribution in [0.25, 0.3) is 5.82 Å². The number of aryl methyl sites for hydroxylation is 4.